The minimum atomic E-state index is -0.769. The number of hydrogen-bond donors (Lipinski definition) is 1. The summed E-state index contributed by atoms with van der Waals surface area (Å²) in [5.41, 5.74) is 1.03. The third-order valence-corrected chi connectivity index (χ3v) is 5.76. The van der Waals surface area contributed by atoms with Crippen LogP contribution in [0.2, 0.25) is 0 Å². The summed E-state index contributed by atoms with van der Waals surface area (Å²) in [6.45, 7) is 4.18. The van der Waals surface area contributed by atoms with Crippen molar-refractivity contribution in [3.63, 3.8) is 0 Å². The topological polar surface area (TPSA) is 48.5 Å². The average molecular weight is 402 g/mol. The van der Waals surface area contributed by atoms with E-state index in [1.54, 1.807) is 11.3 Å². The monoisotopic (exact) mass is 402 g/mol. The molecule has 4 rings (SSSR count). The van der Waals surface area contributed by atoms with Crippen LogP contribution in [0.25, 0.3) is 10.2 Å². The first-order chi connectivity index (χ1) is 13.6. The van der Waals surface area contributed by atoms with Crippen molar-refractivity contribution in [1.82, 2.24) is 14.8 Å². The van der Waals surface area contributed by atoms with Crippen LogP contribution in [0.15, 0.2) is 42.5 Å². The lowest BCUT2D eigenvalue weighted by atomic mass is 10.2. The lowest BCUT2D eigenvalue weighted by Gasteiger charge is -2.33. The molecule has 0 aliphatic carbocycles. The molecule has 1 aliphatic rings. The Kier molecular flexibility index (Phi) is 5.61. The Balaban J connectivity index is 1.26. The van der Waals surface area contributed by atoms with E-state index in [1.807, 2.05) is 23.1 Å². The molecule has 8 heteroatoms. The molecular formula is C20H20F2N4OS. The molecule has 0 unspecified atom stereocenters. The van der Waals surface area contributed by atoms with Crippen molar-refractivity contribution in [2.75, 3.05) is 38.0 Å². The number of benzene rings is 2. The van der Waals surface area contributed by atoms with E-state index in [1.165, 1.54) is 10.8 Å². The van der Waals surface area contributed by atoms with Gasteiger partial charge in [0.2, 0.25) is 5.91 Å². The summed E-state index contributed by atoms with van der Waals surface area (Å²) < 4.78 is 27.8. The molecule has 0 radical (unpaired) electrons. The number of carbonyl (C=O) groups excluding carboxylic acids is 1. The van der Waals surface area contributed by atoms with Crippen LogP contribution in [0, 0.1) is 11.6 Å². The zero-order valence-corrected chi connectivity index (χ0v) is 16.0. The predicted octanol–water partition coefficient (Wildman–Crippen LogP) is 3.33. The van der Waals surface area contributed by atoms with E-state index in [0.717, 1.165) is 55.4 Å². The van der Waals surface area contributed by atoms with Crippen molar-refractivity contribution < 1.29 is 13.6 Å². The second-order valence-electron chi connectivity index (χ2n) is 6.80. The molecule has 1 saturated heterocycles. The van der Waals surface area contributed by atoms with Crippen molar-refractivity contribution in [2.45, 2.75) is 6.54 Å². The fraction of sp³-hybridized carbons (Fsp3) is 0.300. The van der Waals surface area contributed by atoms with Crippen LogP contribution < -0.4 is 5.32 Å². The number of fused-ring (bicyclic) bond motifs is 1. The van der Waals surface area contributed by atoms with Crippen LogP contribution in [-0.4, -0.2) is 53.4 Å². The largest absolute Gasteiger partial charge is 0.322 e. The molecule has 1 aliphatic heterocycles. The number of amides is 1. The number of nitrogens with zero attached hydrogens (tertiary/aromatic N) is 3. The number of carbonyl (C=O) groups is 1. The summed E-state index contributed by atoms with van der Waals surface area (Å²) in [7, 11) is 0. The van der Waals surface area contributed by atoms with Gasteiger partial charge in [-0.1, -0.05) is 12.1 Å². The van der Waals surface area contributed by atoms with Gasteiger partial charge in [-0.25, -0.2) is 13.8 Å². The number of nitrogens with one attached hydrogen (secondary N) is 1. The summed E-state index contributed by atoms with van der Waals surface area (Å²) >= 11 is 1.71. The van der Waals surface area contributed by atoms with E-state index < -0.39 is 11.6 Å². The Hall–Kier alpha value is -2.42. The maximum absolute atomic E-state index is 13.6. The summed E-state index contributed by atoms with van der Waals surface area (Å²) in [5, 5.41) is 3.60. The molecule has 3 aromatic rings. The Morgan fingerprint density at radius 3 is 2.57 bits per heavy atom. The third-order valence-electron chi connectivity index (χ3n) is 4.73. The SMILES string of the molecule is O=C(CN1CCN(Cc2nc3ccccc3s2)CC1)Nc1ccc(F)cc1F. The molecule has 0 saturated carbocycles. The average Bonchev–Trinajstić information content (AvgIpc) is 3.08. The van der Waals surface area contributed by atoms with E-state index in [0.29, 0.717) is 0 Å². The van der Waals surface area contributed by atoms with Crippen LogP contribution in [0.1, 0.15) is 5.01 Å². The molecule has 1 amide bonds. The second-order valence-corrected chi connectivity index (χ2v) is 7.92. The highest BCUT2D eigenvalue weighted by Crippen LogP contribution is 2.23. The summed E-state index contributed by atoms with van der Waals surface area (Å²) in [6, 6.07) is 11.2. The molecule has 0 spiro atoms. The van der Waals surface area contributed by atoms with Gasteiger partial charge in [0.15, 0.2) is 0 Å². The predicted molar refractivity (Wildman–Crippen MR) is 106 cm³/mol. The van der Waals surface area contributed by atoms with Crippen molar-refractivity contribution in [2.24, 2.45) is 0 Å². The van der Waals surface area contributed by atoms with Crippen molar-refractivity contribution in [3.05, 3.63) is 59.1 Å². The summed E-state index contributed by atoms with van der Waals surface area (Å²) in [6.07, 6.45) is 0. The van der Waals surface area contributed by atoms with Gasteiger partial charge in [-0.05, 0) is 24.3 Å². The summed E-state index contributed by atoms with van der Waals surface area (Å²) in [5.74, 6) is -1.74. The van der Waals surface area contributed by atoms with Crippen molar-refractivity contribution >= 4 is 33.1 Å². The van der Waals surface area contributed by atoms with Crippen LogP contribution in [-0.2, 0) is 11.3 Å². The lowest BCUT2D eigenvalue weighted by molar-refractivity contribution is -0.117. The standard InChI is InChI=1S/C20H20F2N4OS/c21-14-5-6-16(15(22)11-14)23-19(27)12-25-7-9-26(10-8-25)13-20-24-17-3-1-2-4-18(17)28-20/h1-6,11H,7-10,12-13H2,(H,23,27). The fourth-order valence-corrected chi connectivity index (χ4v) is 4.28. The van der Waals surface area contributed by atoms with Gasteiger partial charge in [-0.2, -0.15) is 0 Å². The van der Waals surface area contributed by atoms with Gasteiger partial charge in [0.25, 0.3) is 0 Å². The van der Waals surface area contributed by atoms with Crippen LogP contribution in [0.4, 0.5) is 14.5 Å². The second kappa shape index (κ2) is 8.30. The molecular weight excluding hydrogens is 382 g/mol. The highest BCUT2D eigenvalue weighted by Gasteiger charge is 2.20. The Bertz CT molecular complexity index is 952. The van der Waals surface area contributed by atoms with Crippen LogP contribution in [0.5, 0.6) is 0 Å². The normalized spacial score (nSPS) is 15.8. The van der Waals surface area contributed by atoms with E-state index in [-0.39, 0.29) is 18.1 Å². The molecule has 1 aromatic heterocycles. The molecule has 1 fully saturated rings. The minimum absolute atomic E-state index is 0.000807. The van der Waals surface area contributed by atoms with E-state index >= 15 is 0 Å². The minimum Gasteiger partial charge on any atom is -0.322 e. The maximum atomic E-state index is 13.6. The van der Waals surface area contributed by atoms with E-state index in [4.69, 9.17) is 0 Å². The highest BCUT2D eigenvalue weighted by molar-refractivity contribution is 7.18. The number of rotatable bonds is 5. The van der Waals surface area contributed by atoms with Crippen molar-refractivity contribution in [3.8, 4) is 0 Å². The third kappa shape index (κ3) is 4.52. The first-order valence-electron chi connectivity index (χ1n) is 9.11. The number of thiazole rings is 1. The quantitative estimate of drug-likeness (QED) is 0.711. The fourth-order valence-electron chi connectivity index (χ4n) is 3.27. The first kappa shape index (κ1) is 18.9. The van der Waals surface area contributed by atoms with Gasteiger partial charge in [-0.15, -0.1) is 11.3 Å². The molecule has 28 heavy (non-hydrogen) atoms. The van der Waals surface area contributed by atoms with Gasteiger partial charge >= 0.3 is 0 Å². The molecule has 2 aromatic carbocycles. The van der Waals surface area contributed by atoms with Gasteiger partial charge in [-0.3, -0.25) is 14.6 Å². The Morgan fingerprint density at radius 1 is 1.07 bits per heavy atom. The number of halogens is 2. The van der Waals surface area contributed by atoms with Crippen LogP contribution >= 0.6 is 11.3 Å². The number of hydrogen-bond acceptors (Lipinski definition) is 5. The molecule has 0 atom stereocenters. The zero-order chi connectivity index (χ0) is 19.5. The van der Waals surface area contributed by atoms with Gasteiger partial charge in [0, 0.05) is 32.2 Å². The molecule has 146 valence electrons. The number of anilines is 1. The highest BCUT2D eigenvalue weighted by atomic mass is 32.1. The Morgan fingerprint density at radius 2 is 1.82 bits per heavy atom. The maximum Gasteiger partial charge on any atom is 0.238 e. The number of piperazine rings is 1. The molecule has 5 nitrogen and oxygen atoms in total. The number of para-hydroxylation sites is 1. The number of aromatic nitrogens is 1. The van der Waals surface area contributed by atoms with E-state index in [9.17, 15) is 13.6 Å². The van der Waals surface area contributed by atoms with Gasteiger partial charge in [0.05, 0.1) is 29.0 Å². The van der Waals surface area contributed by atoms with Crippen LogP contribution in [0.3, 0.4) is 0 Å². The lowest BCUT2D eigenvalue weighted by Crippen LogP contribution is -2.48. The smallest absolute Gasteiger partial charge is 0.238 e. The molecule has 2 heterocycles. The van der Waals surface area contributed by atoms with Gasteiger partial charge in [0.1, 0.15) is 16.6 Å². The first-order valence-corrected chi connectivity index (χ1v) is 9.92. The molecule has 0 bridgehead atoms. The summed E-state index contributed by atoms with van der Waals surface area (Å²) in [4.78, 5) is 21.2. The zero-order valence-electron chi connectivity index (χ0n) is 15.2. The molecule has 1 N–H and O–H groups in total. The van der Waals surface area contributed by atoms with Gasteiger partial charge < -0.3 is 5.32 Å². The van der Waals surface area contributed by atoms with Crippen molar-refractivity contribution in [1.29, 1.82) is 0 Å². The van der Waals surface area contributed by atoms with E-state index in [2.05, 4.69) is 21.3 Å². The Labute approximate surface area is 165 Å².